The summed E-state index contributed by atoms with van der Waals surface area (Å²) in [7, 11) is 3.64. The summed E-state index contributed by atoms with van der Waals surface area (Å²) >= 11 is 0. The molecular weight excluding hydrogens is 278 g/mol. The van der Waals surface area contributed by atoms with E-state index in [4.69, 9.17) is 10.2 Å². The summed E-state index contributed by atoms with van der Waals surface area (Å²) in [4.78, 5) is 37.1. The summed E-state index contributed by atoms with van der Waals surface area (Å²) in [6, 6.07) is -1.96. The molecule has 0 aromatic carbocycles. The average Bonchev–Trinajstić information content (AvgIpc) is 2.39. The van der Waals surface area contributed by atoms with Crippen molar-refractivity contribution >= 4 is 18.0 Å². The Bertz CT molecular complexity index is 393. The number of nitrogens with one attached hydrogen (secondary N) is 1. The minimum atomic E-state index is -1.41. The van der Waals surface area contributed by atoms with E-state index in [2.05, 4.69) is 17.3 Å². The average molecular weight is 301 g/mol. The third-order valence-corrected chi connectivity index (χ3v) is 3.69. The first-order valence-electron chi connectivity index (χ1n) is 6.94. The molecule has 1 atom stereocenters. The summed E-state index contributed by atoms with van der Waals surface area (Å²) in [5, 5.41) is 19.8. The normalized spacial score (nSPS) is 18.0. The largest absolute Gasteiger partial charge is 0.481 e. The van der Waals surface area contributed by atoms with Crippen molar-refractivity contribution in [2.45, 2.75) is 25.3 Å². The quantitative estimate of drug-likeness (QED) is 0.632. The summed E-state index contributed by atoms with van der Waals surface area (Å²) in [6.45, 7) is 2.51. The molecule has 1 fully saturated rings. The number of likely N-dealkylation sites (tertiary alicyclic amines) is 1. The highest BCUT2D eigenvalue weighted by Crippen LogP contribution is 2.16. The number of hydrogen-bond donors (Lipinski definition) is 3. The lowest BCUT2D eigenvalue weighted by Crippen LogP contribution is -2.49. The number of carbonyl (C=O) groups excluding carboxylic acids is 1. The first-order valence-corrected chi connectivity index (χ1v) is 6.94. The monoisotopic (exact) mass is 301 g/mol. The number of aliphatic carboxylic acids is 2. The van der Waals surface area contributed by atoms with Gasteiger partial charge in [-0.2, -0.15) is 0 Å². The number of hydrogen-bond acceptors (Lipinski definition) is 4. The summed E-state index contributed by atoms with van der Waals surface area (Å²) < 4.78 is 0. The second kappa shape index (κ2) is 7.82. The van der Waals surface area contributed by atoms with E-state index in [1.165, 1.54) is 4.90 Å². The van der Waals surface area contributed by atoms with Gasteiger partial charge in [0.1, 0.15) is 6.04 Å². The zero-order valence-electron chi connectivity index (χ0n) is 12.4. The Labute approximate surface area is 123 Å². The lowest BCUT2D eigenvalue weighted by Gasteiger charge is -2.32. The molecule has 1 heterocycles. The molecule has 120 valence electrons. The molecule has 8 heteroatoms. The Kier molecular flexibility index (Phi) is 6.41. The fourth-order valence-corrected chi connectivity index (χ4v) is 2.35. The Morgan fingerprint density at radius 2 is 1.86 bits per heavy atom. The van der Waals surface area contributed by atoms with Gasteiger partial charge >= 0.3 is 18.0 Å². The van der Waals surface area contributed by atoms with Gasteiger partial charge in [-0.3, -0.25) is 4.79 Å². The van der Waals surface area contributed by atoms with Crippen molar-refractivity contribution in [2.75, 3.05) is 33.7 Å². The molecule has 0 aromatic rings. The highest BCUT2D eigenvalue weighted by Gasteiger charge is 2.26. The molecule has 0 saturated carbocycles. The van der Waals surface area contributed by atoms with Crippen LogP contribution in [0.1, 0.15) is 19.3 Å². The van der Waals surface area contributed by atoms with Crippen molar-refractivity contribution in [3.63, 3.8) is 0 Å². The number of rotatable bonds is 6. The van der Waals surface area contributed by atoms with Crippen LogP contribution in [0.5, 0.6) is 0 Å². The van der Waals surface area contributed by atoms with Crippen LogP contribution in [0.4, 0.5) is 4.79 Å². The van der Waals surface area contributed by atoms with Crippen LogP contribution in [0, 0.1) is 5.92 Å². The van der Waals surface area contributed by atoms with Crippen molar-refractivity contribution in [2.24, 2.45) is 5.92 Å². The van der Waals surface area contributed by atoms with E-state index in [0.717, 1.165) is 25.9 Å². The minimum Gasteiger partial charge on any atom is -0.481 e. The molecule has 1 saturated heterocycles. The van der Waals surface area contributed by atoms with Crippen LogP contribution in [0.15, 0.2) is 0 Å². The summed E-state index contributed by atoms with van der Waals surface area (Å²) in [5.74, 6) is -2.22. The summed E-state index contributed by atoms with van der Waals surface area (Å²) in [5.41, 5.74) is 0. The van der Waals surface area contributed by atoms with Gasteiger partial charge in [0.15, 0.2) is 0 Å². The molecule has 8 nitrogen and oxygen atoms in total. The minimum absolute atomic E-state index is 0.389. The number of carbonyl (C=O) groups is 3. The number of piperidine rings is 1. The smallest absolute Gasteiger partial charge is 0.326 e. The predicted molar refractivity (Wildman–Crippen MR) is 75.1 cm³/mol. The third-order valence-electron chi connectivity index (χ3n) is 3.69. The number of carboxylic acids is 2. The molecule has 3 N–H and O–H groups in total. The van der Waals surface area contributed by atoms with Gasteiger partial charge in [0.2, 0.25) is 0 Å². The van der Waals surface area contributed by atoms with Gasteiger partial charge in [-0.15, -0.1) is 0 Å². The van der Waals surface area contributed by atoms with Crippen LogP contribution in [-0.2, 0) is 9.59 Å². The fraction of sp³-hybridized carbons (Fsp3) is 0.769. The van der Waals surface area contributed by atoms with Crippen molar-refractivity contribution in [1.29, 1.82) is 0 Å². The Balaban J connectivity index is 2.45. The van der Waals surface area contributed by atoms with Gasteiger partial charge < -0.3 is 25.3 Å². The zero-order valence-corrected chi connectivity index (χ0v) is 12.4. The molecule has 0 radical (unpaired) electrons. The second-order valence-electron chi connectivity index (χ2n) is 5.57. The molecular formula is C13H23N3O5. The van der Waals surface area contributed by atoms with Gasteiger partial charge in [-0.05, 0) is 38.9 Å². The van der Waals surface area contributed by atoms with Crippen LogP contribution in [-0.4, -0.2) is 77.8 Å². The van der Waals surface area contributed by atoms with E-state index in [1.807, 2.05) is 0 Å². The molecule has 0 spiro atoms. The molecule has 1 aliphatic rings. The van der Waals surface area contributed by atoms with Gasteiger partial charge in [-0.25, -0.2) is 9.59 Å². The number of carboxylic acid groups (broad SMARTS) is 2. The standard InChI is InChI=1S/C13H23N3O5/c1-15-5-3-9(4-6-15)8-16(2)13(21)14-10(12(19)20)7-11(17)18/h9-10H,3-8H2,1-2H3,(H,14,21)(H,17,18)(H,19,20)/t10-/m0/s1. The molecule has 1 rings (SSSR count). The van der Waals surface area contributed by atoms with Gasteiger partial charge in [0, 0.05) is 13.6 Å². The molecule has 0 aromatic heterocycles. The van der Waals surface area contributed by atoms with Crippen LogP contribution >= 0.6 is 0 Å². The Morgan fingerprint density at radius 3 is 2.33 bits per heavy atom. The Hall–Kier alpha value is -1.83. The SMILES string of the molecule is CN1CCC(CN(C)C(=O)N[C@@H](CC(=O)O)C(=O)O)CC1. The molecule has 0 unspecified atom stereocenters. The van der Waals surface area contributed by atoms with Crippen LogP contribution in [0.25, 0.3) is 0 Å². The van der Waals surface area contributed by atoms with Gasteiger partial charge in [0.25, 0.3) is 0 Å². The fourth-order valence-electron chi connectivity index (χ4n) is 2.35. The maximum atomic E-state index is 11.9. The van der Waals surface area contributed by atoms with Crippen molar-refractivity contribution < 1.29 is 24.6 Å². The van der Waals surface area contributed by atoms with Crippen molar-refractivity contribution in [3.05, 3.63) is 0 Å². The maximum Gasteiger partial charge on any atom is 0.326 e. The van der Waals surface area contributed by atoms with E-state index >= 15 is 0 Å². The first-order chi connectivity index (χ1) is 9.79. The van der Waals surface area contributed by atoms with Crippen molar-refractivity contribution in [1.82, 2.24) is 15.1 Å². The van der Waals surface area contributed by atoms with Crippen LogP contribution < -0.4 is 5.32 Å². The van der Waals surface area contributed by atoms with Crippen LogP contribution in [0.2, 0.25) is 0 Å². The van der Waals surface area contributed by atoms with Crippen LogP contribution in [0.3, 0.4) is 0 Å². The molecule has 0 bridgehead atoms. The van der Waals surface area contributed by atoms with Gasteiger partial charge in [-0.1, -0.05) is 0 Å². The van der Waals surface area contributed by atoms with E-state index in [1.54, 1.807) is 7.05 Å². The van der Waals surface area contributed by atoms with E-state index in [0.29, 0.717) is 12.5 Å². The lowest BCUT2D eigenvalue weighted by atomic mass is 9.97. The second-order valence-corrected chi connectivity index (χ2v) is 5.57. The molecule has 0 aliphatic carbocycles. The maximum absolute atomic E-state index is 11.9. The number of nitrogens with zero attached hydrogens (tertiary/aromatic N) is 2. The van der Waals surface area contributed by atoms with Gasteiger partial charge in [0.05, 0.1) is 6.42 Å². The predicted octanol–water partition coefficient (Wildman–Crippen LogP) is -0.102. The van der Waals surface area contributed by atoms with E-state index in [-0.39, 0.29) is 0 Å². The highest BCUT2D eigenvalue weighted by atomic mass is 16.4. The first kappa shape index (κ1) is 17.2. The van der Waals surface area contributed by atoms with Crippen molar-refractivity contribution in [3.8, 4) is 0 Å². The highest BCUT2D eigenvalue weighted by molar-refractivity contribution is 5.86. The van der Waals surface area contributed by atoms with E-state index in [9.17, 15) is 14.4 Å². The zero-order chi connectivity index (χ0) is 16.0. The molecule has 21 heavy (non-hydrogen) atoms. The van der Waals surface area contributed by atoms with E-state index < -0.39 is 30.4 Å². The lowest BCUT2D eigenvalue weighted by molar-refractivity contribution is -0.145. The molecule has 2 amide bonds. The topological polar surface area (TPSA) is 110 Å². The number of urea groups is 1. The molecule has 1 aliphatic heterocycles. The summed E-state index contributed by atoms with van der Waals surface area (Å²) in [6.07, 6.45) is 1.35. The third kappa shape index (κ3) is 5.99. The Morgan fingerprint density at radius 1 is 1.29 bits per heavy atom. The number of amides is 2.